The molecule has 28 heavy (non-hydrogen) atoms. The van der Waals surface area contributed by atoms with Crippen molar-refractivity contribution in [3.8, 4) is 11.3 Å². The summed E-state index contributed by atoms with van der Waals surface area (Å²) in [5.41, 5.74) is -0.338. The van der Waals surface area contributed by atoms with Crippen molar-refractivity contribution in [2.24, 2.45) is 0 Å². The number of aliphatic hydroxyl groups is 1. The first kappa shape index (κ1) is 19.0. The van der Waals surface area contributed by atoms with Gasteiger partial charge in [-0.05, 0) is 48.9 Å². The van der Waals surface area contributed by atoms with Crippen LogP contribution in [-0.4, -0.2) is 23.4 Å². The van der Waals surface area contributed by atoms with E-state index in [4.69, 9.17) is 16.1 Å². The molecule has 2 unspecified atom stereocenters. The van der Waals surface area contributed by atoms with Crippen LogP contribution in [0.4, 0.5) is 13.2 Å². The van der Waals surface area contributed by atoms with E-state index >= 15 is 0 Å². The average Bonchev–Trinajstić information content (AvgIpc) is 3.13. The van der Waals surface area contributed by atoms with E-state index in [1.165, 1.54) is 24.3 Å². The van der Waals surface area contributed by atoms with Crippen LogP contribution in [0.15, 0.2) is 47.0 Å². The van der Waals surface area contributed by atoms with Crippen molar-refractivity contribution in [1.82, 2.24) is 10.5 Å². The third-order valence-corrected chi connectivity index (χ3v) is 5.42. The molecule has 1 aliphatic rings. The Morgan fingerprint density at radius 2 is 1.93 bits per heavy atom. The Kier molecular flexibility index (Phi) is 4.91. The Balaban J connectivity index is 1.72. The van der Waals surface area contributed by atoms with Crippen molar-refractivity contribution in [1.29, 1.82) is 0 Å². The fourth-order valence-corrected chi connectivity index (χ4v) is 3.86. The van der Waals surface area contributed by atoms with Crippen LogP contribution in [0.2, 0.25) is 5.02 Å². The molecule has 4 nitrogen and oxygen atoms in total. The lowest BCUT2D eigenvalue weighted by atomic mass is 9.75. The van der Waals surface area contributed by atoms with Crippen molar-refractivity contribution in [3.63, 3.8) is 0 Å². The van der Waals surface area contributed by atoms with Crippen LogP contribution in [0.5, 0.6) is 0 Å². The highest BCUT2D eigenvalue weighted by molar-refractivity contribution is 6.33. The van der Waals surface area contributed by atoms with E-state index in [1.54, 1.807) is 6.07 Å². The summed E-state index contributed by atoms with van der Waals surface area (Å²) in [5, 5.41) is 18.7. The number of rotatable bonds is 3. The lowest BCUT2D eigenvalue weighted by Crippen LogP contribution is -2.46. The number of aromatic nitrogens is 1. The molecule has 146 valence electrons. The van der Waals surface area contributed by atoms with Crippen LogP contribution in [0, 0.1) is 17.5 Å². The van der Waals surface area contributed by atoms with Gasteiger partial charge in [0.2, 0.25) is 0 Å². The smallest absolute Gasteiger partial charge is 0.159 e. The number of nitrogens with zero attached hydrogens (tertiary/aromatic N) is 1. The molecular formula is C20H16ClF3N2O2. The third kappa shape index (κ3) is 3.30. The van der Waals surface area contributed by atoms with Gasteiger partial charge in [0, 0.05) is 18.2 Å². The minimum Gasteiger partial charge on any atom is -0.384 e. The number of hydrogen-bond acceptors (Lipinski definition) is 4. The van der Waals surface area contributed by atoms with Gasteiger partial charge >= 0.3 is 0 Å². The van der Waals surface area contributed by atoms with Crippen molar-refractivity contribution in [2.75, 3.05) is 13.1 Å². The topological polar surface area (TPSA) is 58.3 Å². The van der Waals surface area contributed by atoms with Crippen molar-refractivity contribution in [3.05, 3.63) is 76.3 Å². The van der Waals surface area contributed by atoms with Crippen LogP contribution < -0.4 is 5.32 Å². The van der Waals surface area contributed by atoms with Gasteiger partial charge in [0.05, 0.1) is 10.9 Å². The fraction of sp³-hybridized carbons (Fsp3) is 0.250. The van der Waals surface area contributed by atoms with E-state index in [1.807, 2.05) is 0 Å². The third-order valence-electron chi connectivity index (χ3n) is 5.11. The average molecular weight is 409 g/mol. The van der Waals surface area contributed by atoms with Crippen molar-refractivity contribution in [2.45, 2.75) is 17.9 Å². The molecule has 2 N–H and O–H groups in total. The molecule has 1 saturated heterocycles. The largest absolute Gasteiger partial charge is 0.384 e. The molecule has 0 aliphatic carbocycles. The SMILES string of the molecule is OC1(c2ccc(F)c(F)c2)CCNCC1c1cc(-c2ccc(F)cc2Cl)no1. The monoisotopic (exact) mass is 408 g/mol. The Hall–Kier alpha value is -2.35. The highest BCUT2D eigenvalue weighted by atomic mass is 35.5. The van der Waals surface area contributed by atoms with Gasteiger partial charge in [-0.3, -0.25) is 0 Å². The lowest BCUT2D eigenvalue weighted by molar-refractivity contribution is -0.0233. The highest BCUT2D eigenvalue weighted by Gasteiger charge is 2.44. The standard InChI is InChI=1S/C20H16ClF3N2O2/c21-15-8-12(22)2-3-13(15)18-9-19(28-26-18)14-10-25-6-5-20(14,27)11-1-4-16(23)17(24)7-11/h1-4,7-9,14,25,27H,5-6,10H2. The minimum absolute atomic E-state index is 0.178. The van der Waals surface area contributed by atoms with Crippen molar-refractivity contribution < 1.29 is 22.8 Å². The first-order valence-corrected chi connectivity index (χ1v) is 9.07. The van der Waals surface area contributed by atoms with Gasteiger partial charge in [-0.2, -0.15) is 0 Å². The number of halogens is 4. The number of nitrogens with one attached hydrogen (secondary N) is 1. The van der Waals surface area contributed by atoms with Crippen LogP contribution in [0.25, 0.3) is 11.3 Å². The second-order valence-corrected chi connectivity index (χ2v) is 7.21. The second-order valence-electron chi connectivity index (χ2n) is 6.80. The summed E-state index contributed by atoms with van der Waals surface area (Å²) < 4.78 is 45.8. The Bertz CT molecular complexity index is 1030. The van der Waals surface area contributed by atoms with E-state index in [9.17, 15) is 18.3 Å². The molecule has 2 atom stereocenters. The van der Waals surface area contributed by atoms with E-state index < -0.39 is 29.0 Å². The van der Waals surface area contributed by atoms with Crippen LogP contribution in [-0.2, 0) is 5.60 Å². The predicted octanol–water partition coefficient (Wildman–Crippen LogP) is 4.38. The summed E-state index contributed by atoms with van der Waals surface area (Å²) in [6.07, 6.45) is 0.274. The molecule has 8 heteroatoms. The zero-order valence-electron chi connectivity index (χ0n) is 14.6. The van der Waals surface area contributed by atoms with Gasteiger partial charge < -0.3 is 14.9 Å². The first-order valence-electron chi connectivity index (χ1n) is 8.69. The molecule has 0 amide bonds. The second kappa shape index (κ2) is 7.24. The van der Waals surface area contributed by atoms with Crippen LogP contribution >= 0.6 is 11.6 Å². The fourth-order valence-electron chi connectivity index (χ4n) is 3.59. The molecule has 1 fully saturated rings. The van der Waals surface area contributed by atoms with Crippen LogP contribution in [0.3, 0.4) is 0 Å². The highest BCUT2D eigenvalue weighted by Crippen LogP contribution is 2.43. The Labute approximate surface area is 163 Å². The summed E-state index contributed by atoms with van der Waals surface area (Å²) in [5.74, 6) is -2.71. The summed E-state index contributed by atoms with van der Waals surface area (Å²) in [7, 11) is 0. The van der Waals surface area contributed by atoms with Gasteiger partial charge in [-0.1, -0.05) is 22.8 Å². The molecule has 2 heterocycles. The number of benzene rings is 2. The van der Waals surface area contributed by atoms with E-state index in [0.717, 1.165) is 12.1 Å². The molecule has 0 bridgehead atoms. The molecule has 3 aromatic rings. The maximum Gasteiger partial charge on any atom is 0.159 e. The molecule has 0 saturated carbocycles. The maximum atomic E-state index is 13.8. The molecule has 0 radical (unpaired) electrons. The van der Waals surface area contributed by atoms with E-state index in [2.05, 4.69) is 10.5 Å². The van der Waals surface area contributed by atoms with Gasteiger partial charge in [0.15, 0.2) is 11.6 Å². The Morgan fingerprint density at radius 1 is 1.11 bits per heavy atom. The maximum absolute atomic E-state index is 13.8. The zero-order chi connectivity index (χ0) is 19.9. The predicted molar refractivity (Wildman–Crippen MR) is 97.4 cm³/mol. The molecule has 1 aliphatic heterocycles. The molecule has 2 aromatic carbocycles. The number of piperidine rings is 1. The molecular weight excluding hydrogens is 393 g/mol. The minimum atomic E-state index is -1.47. The van der Waals surface area contributed by atoms with Gasteiger partial charge in [-0.25, -0.2) is 13.2 Å². The lowest BCUT2D eigenvalue weighted by Gasteiger charge is -2.39. The quantitative estimate of drug-likeness (QED) is 0.675. The summed E-state index contributed by atoms with van der Waals surface area (Å²) in [4.78, 5) is 0. The zero-order valence-corrected chi connectivity index (χ0v) is 15.3. The molecule has 0 spiro atoms. The Morgan fingerprint density at radius 3 is 2.68 bits per heavy atom. The van der Waals surface area contributed by atoms with E-state index in [0.29, 0.717) is 30.1 Å². The summed E-state index contributed by atoms with van der Waals surface area (Å²) in [6, 6.07) is 8.89. The van der Waals surface area contributed by atoms with Crippen LogP contribution in [0.1, 0.15) is 23.7 Å². The first-order chi connectivity index (χ1) is 13.4. The van der Waals surface area contributed by atoms with Gasteiger partial charge in [-0.15, -0.1) is 0 Å². The number of hydrogen-bond donors (Lipinski definition) is 2. The normalized spacial score (nSPS) is 22.4. The molecule has 4 rings (SSSR count). The van der Waals surface area contributed by atoms with Gasteiger partial charge in [0.25, 0.3) is 0 Å². The van der Waals surface area contributed by atoms with Crippen molar-refractivity contribution >= 4 is 11.6 Å². The summed E-state index contributed by atoms with van der Waals surface area (Å²) in [6.45, 7) is 0.845. The summed E-state index contributed by atoms with van der Waals surface area (Å²) >= 11 is 6.08. The molecule has 1 aromatic heterocycles. The van der Waals surface area contributed by atoms with Gasteiger partial charge in [0.1, 0.15) is 22.9 Å². The van der Waals surface area contributed by atoms with E-state index in [-0.39, 0.29) is 17.0 Å².